The number of amides is 1. The Morgan fingerprint density at radius 3 is 2.52 bits per heavy atom. The molecule has 0 radical (unpaired) electrons. The Labute approximate surface area is 192 Å². The first-order valence-corrected chi connectivity index (χ1v) is 11.6. The maximum atomic E-state index is 13.4. The van der Waals surface area contributed by atoms with E-state index in [1.807, 2.05) is 37.3 Å². The first kappa shape index (κ1) is 21.3. The molecular weight excluding hydrogens is 415 g/mol. The van der Waals surface area contributed by atoms with E-state index in [4.69, 9.17) is 4.98 Å². The van der Waals surface area contributed by atoms with Crippen molar-refractivity contribution in [2.75, 3.05) is 0 Å². The number of nitrogens with zero attached hydrogens (tertiary/aromatic N) is 3. The zero-order valence-electron chi connectivity index (χ0n) is 18.7. The van der Waals surface area contributed by atoms with Crippen molar-refractivity contribution in [3.63, 3.8) is 0 Å². The highest BCUT2D eigenvalue weighted by Crippen LogP contribution is 2.28. The molecule has 2 heterocycles. The van der Waals surface area contributed by atoms with Crippen molar-refractivity contribution in [3.05, 3.63) is 77.9 Å². The van der Waals surface area contributed by atoms with Crippen molar-refractivity contribution in [2.45, 2.75) is 51.5 Å². The number of para-hydroxylation sites is 1. The average molecular weight is 443 g/mol. The first-order chi connectivity index (χ1) is 16.1. The number of hydrogen-bond donors (Lipinski definition) is 1. The van der Waals surface area contributed by atoms with Crippen molar-refractivity contribution in [1.82, 2.24) is 20.1 Å². The van der Waals surface area contributed by atoms with Gasteiger partial charge in [0.05, 0.1) is 34.4 Å². The van der Waals surface area contributed by atoms with Gasteiger partial charge in [0.2, 0.25) is 0 Å². The molecule has 5 rings (SSSR count). The molecule has 4 aromatic rings. The maximum absolute atomic E-state index is 13.4. The summed E-state index contributed by atoms with van der Waals surface area (Å²) in [5.41, 5.74) is 4.59. The minimum atomic E-state index is -0.288. The molecule has 2 aromatic carbocycles. The van der Waals surface area contributed by atoms with Gasteiger partial charge >= 0.3 is 0 Å². The molecule has 0 atom stereocenters. The molecule has 0 bridgehead atoms. The van der Waals surface area contributed by atoms with E-state index in [0.29, 0.717) is 11.3 Å². The number of nitrogens with one attached hydrogen (secondary N) is 1. The van der Waals surface area contributed by atoms with Crippen LogP contribution in [0.1, 0.15) is 54.6 Å². The Balaban J connectivity index is 1.53. The molecule has 0 spiro atoms. The largest absolute Gasteiger partial charge is 0.349 e. The van der Waals surface area contributed by atoms with Gasteiger partial charge in [-0.3, -0.25) is 4.79 Å². The predicted molar refractivity (Wildman–Crippen MR) is 128 cm³/mol. The highest BCUT2D eigenvalue weighted by atomic mass is 19.1. The van der Waals surface area contributed by atoms with Crippen LogP contribution in [0.2, 0.25) is 0 Å². The van der Waals surface area contributed by atoms with Crippen LogP contribution in [0.3, 0.4) is 0 Å². The van der Waals surface area contributed by atoms with Gasteiger partial charge in [-0.05, 0) is 56.2 Å². The van der Waals surface area contributed by atoms with E-state index in [1.54, 1.807) is 23.0 Å². The lowest BCUT2D eigenvalue weighted by molar-refractivity contribution is 0.0935. The number of halogens is 1. The molecule has 168 valence electrons. The number of hydrogen-bond acceptors (Lipinski definition) is 3. The molecule has 1 fully saturated rings. The fourth-order valence-electron chi connectivity index (χ4n) is 4.69. The molecule has 5 nitrogen and oxygen atoms in total. The van der Waals surface area contributed by atoms with Gasteiger partial charge in [0.1, 0.15) is 5.82 Å². The summed E-state index contributed by atoms with van der Waals surface area (Å²) < 4.78 is 15.1. The van der Waals surface area contributed by atoms with Gasteiger partial charge in [-0.1, -0.05) is 43.9 Å². The smallest absolute Gasteiger partial charge is 0.252 e. The summed E-state index contributed by atoms with van der Waals surface area (Å²) in [5, 5.41) is 8.62. The van der Waals surface area contributed by atoms with Crippen molar-refractivity contribution in [3.8, 4) is 16.9 Å². The number of rotatable bonds is 4. The van der Waals surface area contributed by atoms with Gasteiger partial charge in [0.15, 0.2) is 0 Å². The van der Waals surface area contributed by atoms with E-state index < -0.39 is 0 Å². The van der Waals surface area contributed by atoms with E-state index in [2.05, 4.69) is 10.4 Å². The van der Waals surface area contributed by atoms with Crippen LogP contribution >= 0.6 is 0 Å². The second kappa shape index (κ2) is 9.14. The quantitative estimate of drug-likeness (QED) is 0.395. The standard InChI is InChI=1S/C27H27FN4O/c1-18-24(17-29-32(18)21-14-12-19(28)13-15-21)26-16-23(22-10-6-7-11-25(22)31-26)27(33)30-20-8-4-2-3-5-9-20/h6-7,10-17,20H,2-5,8-9H2,1H3,(H,30,33). The van der Waals surface area contributed by atoms with E-state index >= 15 is 0 Å². The van der Waals surface area contributed by atoms with Crippen LogP contribution in [0.25, 0.3) is 27.8 Å². The third-order valence-corrected chi connectivity index (χ3v) is 6.51. The minimum Gasteiger partial charge on any atom is -0.349 e. The topological polar surface area (TPSA) is 59.8 Å². The van der Waals surface area contributed by atoms with Gasteiger partial charge < -0.3 is 5.32 Å². The summed E-state index contributed by atoms with van der Waals surface area (Å²) in [5.74, 6) is -0.338. The van der Waals surface area contributed by atoms with Crippen molar-refractivity contribution in [1.29, 1.82) is 0 Å². The lowest BCUT2D eigenvalue weighted by Gasteiger charge is -2.17. The average Bonchev–Trinajstić information content (AvgIpc) is 3.03. The van der Waals surface area contributed by atoms with Gasteiger partial charge in [0, 0.05) is 17.0 Å². The Kier molecular flexibility index (Phi) is 5.90. The summed E-state index contributed by atoms with van der Waals surface area (Å²) >= 11 is 0. The monoisotopic (exact) mass is 442 g/mol. The predicted octanol–water partition coefficient (Wildman–Crippen LogP) is 5.99. The number of benzene rings is 2. The molecule has 1 aliphatic carbocycles. The van der Waals surface area contributed by atoms with E-state index in [9.17, 15) is 9.18 Å². The lowest BCUT2D eigenvalue weighted by Crippen LogP contribution is -2.34. The Morgan fingerprint density at radius 1 is 1.03 bits per heavy atom. The van der Waals surface area contributed by atoms with Crippen LogP contribution in [-0.4, -0.2) is 26.7 Å². The molecule has 0 aliphatic heterocycles. The summed E-state index contributed by atoms with van der Waals surface area (Å²) in [6.45, 7) is 1.95. The molecule has 6 heteroatoms. The van der Waals surface area contributed by atoms with Crippen LogP contribution < -0.4 is 5.32 Å². The molecule has 1 saturated carbocycles. The maximum Gasteiger partial charge on any atom is 0.252 e. The van der Waals surface area contributed by atoms with Gasteiger partial charge in [-0.15, -0.1) is 0 Å². The third kappa shape index (κ3) is 4.38. The Bertz CT molecular complexity index is 1290. The third-order valence-electron chi connectivity index (χ3n) is 6.51. The zero-order chi connectivity index (χ0) is 22.8. The SMILES string of the molecule is Cc1c(-c2cc(C(=O)NC3CCCCCC3)c3ccccc3n2)cnn1-c1ccc(F)cc1. The fourth-order valence-corrected chi connectivity index (χ4v) is 4.69. The van der Waals surface area contributed by atoms with E-state index in [0.717, 1.165) is 53.5 Å². The Hall–Kier alpha value is -3.54. The van der Waals surface area contributed by atoms with Gasteiger partial charge in [0.25, 0.3) is 5.91 Å². The second-order valence-electron chi connectivity index (χ2n) is 8.77. The van der Waals surface area contributed by atoms with E-state index in [1.165, 1.54) is 25.0 Å². The fraction of sp³-hybridized carbons (Fsp3) is 0.296. The molecule has 0 unspecified atom stereocenters. The second-order valence-corrected chi connectivity index (χ2v) is 8.77. The van der Waals surface area contributed by atoms with Crippen LogP contribution in [0.5, 0.6) is 0 Å². The number of carbonyl (C=O) groups excluding carboxylic acids is 1. The molecular formula is C27H27FN4O. The number of carbonyl (C=O) groups is 1. The van der Waals surface area contributed by atoms with Crippen molar-refractivity contribution in [2.24, 2.45) is 0 Å². The normalized spacial score (nSPS) is 14.8. The number of pyridine rings is 1. The van der Waals surface area contributed by atoms with Gasteiger partial charge in [-0.25, -0.2) is 14.1 Å². The van der Waals surface area contributed by atoms with Crippen molar-refractivity contribution >= 4 is 16.8 Å². The molecule has 33 heavy (non-hydrogen) atoms. The van der Waals surface area contributed by atoms with Crippen molar-refractivity contribution < 1.29 is 9.18 Å². The summed E-state index contributed by atoms with van der Waals surface area (Å²) in [6.07, 6.45) is 8.63. The summed E-state index contributed by atoms with van der Waals surface area (Å²) in [4.78, 5) is 18.2. The van der Waals surface area contributed by atoms with Crippen LogP contribution in [0.15, 0.2) is 60.8 Å². The zero-order valence-corrected chi connectivity index (χ0v) is 18.7. The molecule has 1 aliphatic rings. The molecule has 1 amide bonds. The van der Waals surface area contributed by atoms with Crippen LogP contribution in [0.4, 0.5) is 4.39 Å². The highest BCUT2D eigenvalue weighted by molar-refractivity contribution is 6.07. The van der Waals surface area contributed by atoms with E-state index in [-0.39, 0.29) is 17.8 Å². The first-order valence-electron chi connectivity index (χ1n) is 11.6. The van der Waals surface area contributed by atoms with Gasteiger partial charge in [-0.2, -0.15) is 5.10 Å². The minimum absolute atomic E-state index is 0.0506. The summed E-state index contributed by atoms with van der Waals surface area (Å²) in [7, 11) is 0. The highest BCUT2D eigenvalue weighted by Gasteiger charge is 2.20. The Morgan fingerprint density at radius 2 is 1.76 bits per heavy atom. The molecule has 0 saturated heterocycles. The lowest BCUT2D eigenvalue weighted by atomic mass is 10.0. The molecule has 2 aromatic heterocycles. The molecule has 1 N–H and O–H groups in total. The number of aromatic nitrogens is 3. The van der Waals surface area contributed by atoms with Crippen LogP contribution in [0, 0.1) is 12.7 Å². The van der Waals surface area contributed by atoms with Crippen LogP contribution in [-0.2, 0) is 0 Å². The number of fused-ring (bicyclic) bond motifs is 1. The summed E-state index contributed by atoms with van der Waals surface area (Å²) in [6, 6.07) is 16.1.